The van der Waals surface area contributed by atoms with Crippen molar-refractivity contribution >= 4 is 17.6 Å². The summed E-state index contributed by atoms with van der Waals surface area (Å²) in [6, 6.07) is 10.5. The van der Waals surface area contributed by atoms with Crippen LogP contribution in [0.25, 0.3) is 0 Å². The SMILES string of the molecule is CN1CCN(C(=O)Nc2cc3c([nH]c2=O)CCCC3)C(Cc2ccccc2)C1=O. The number of rotatable bonds is 3. The first kappa shape index (κ1) is 19.2. The molecule has 1 aliphatic carbocycles. The number of aryl methyl sites for hydroxylation is 2. The number of benzene rings is 1. The number of fused-ring (bicyclic) bond motifs is 1. The van der Waals surface area contributed by atoms with Gasteiger partial charge in [-0.05, 0) is 42.9 Å². The summed E-state index contributed by atoms with van der Waals surface area (Å²) in [6.45, 7) is 0.895. The number of carbonyl (C=O) groups excluding carboxylic acids is 2. The zero-order valence-corrected chi connectivity index (χ0v) is 16.6. The van der Waals surface area contributed by atoms with Crippen LogP contribution in [0.2, 0.25) is 0 Å². The van der Waals surface area contributed by atoms with Gasteiger partial charge in [0.25, 0.3) is 5.56 Å². The number of pyridine rings is 1. The van der Waals surface area contributed by atoms with E-state index in [1.165, 1.54) is 0 Å². The number of carbonyl (C=O) groups is 2. The molecule has 2 aliphatic rings. The smallest absolute Gasteiger partial charge is 0.322 e. The van der Waals surface area contributed by atoms with Crippen LogP contribution < -0.4 is 10.9 Å². The number of anilines is 1. The average Bonchev–Trinajstić information content (AvgIpc) is 2.73. The van der Waals surface area contributed by atoms with Crippen molar-refractivity contribution in [3.63, 3.8) is 0 Å². The minimum atomic E-state index is -0.590. The molecule has 1 unspecified atom stereocenters. The number of nitrogens with one attached hydrogen (secondary N) is 2. The highest BCUT2D eigenvalue weighted by molar-refractivity contribution is 5.94. The zero-order valence-electron chi connectivity index (χ0n) is 16.6. The van der Waals surface area contributed by atoms with Gasteiger partial charge in [-0.1, -0.05) is 30.3 Å². The molecular formula is C22H26N4O3. The summed E-state index contributed by atoms with van der Waals surface area (Å²) in [5, 5.41) is 2.75. The van der Waals surface area contributed by atoms with Crippen LogP contribution in [0.3, 0.4) is 0 Å². The number of hydrogen-bond donors (Lipinski definition) is 2. The topological polar surface area (TPSA) is 85.5 Å². The second-order valence-electron chi connectivity index (χ2n) is 7.81. The molecule has 4 rings (SSSR count). The van der Waals surface area contributed by atoms with Gasteiger partial charge in [-0.3, -0.25) is 9.59 Å². The Labute approximate surface area is 169 Å². The van der Waals surface area contributed by atoms with Gasteiger partial charge in [-0.15, -0.1) is 0 Å². The largest absolute Gasteiger partial charge is 0.342 e. The monoisotopic (exact) mass is 394 g/mol. The Kier molecular flexibility index (Phi) is 5.38. The van der Waals surface area contributed by atoms with Crippen molar-refractivity contribution in [2.45, 2.75) is 38.1 Å². The molecule has 3 amide bonds. The maximum absolute atomic E-state index is 13.0. The Balaban J connectivity index is 1.56. The highest BCUT2D eigenvalue weighted by atomic mass is 16.2. The second kappa shape index (κ2) is 8.11. The summed E-state index contributed by atoms with van der Waals surface area (Å²) in [6.07, 6.45) is 4.36. The number of nitrogens with zero attached hydrogens (tertiary/aromatic N) is 2. The Morgan fingerprint density at radius 1 is 1.14 bits per heavy atom. The van der Waals surface area contributed by atoms with Crippen molar-refractivity contribution in [1.82, 2.24) is 14.8 Å². The van der Waals surface area contributed by atoms with Gasteiger partial charge in [0, 0.05) is 32.3 Å². The predicted octanol–water partition coefficient (Wildman–Crippen LogP) is 2.17. The highest BCUT2D eigenvalue weighted by Gasteiger charge is 2.36. The number of aromatic nitrogens is 1. The summed E-state index contributed by atoms with van der Waals surface area (Å²) in [7, 11) is 1.75. The molecule has 0 bridgehead atoms. The lowest BCUT2D eigenvalue weighted by Crippen LogP contribution is -2.59. The lowest BCUT2D eigenvalue weighted by molar-refractivity contribution is -0.138. The molecule has 0 saturated carbocycles. The molecule has 2 N–H and O–H groups in total. The molecule has 0 spiro atoms. The van der Waals surface area contributed by atoms with Crippen molar-refractivity contribution in [3.8, 4) is 0 Å². The molecule has 2 heterocycles. The molecule has 1 fully saturated rings. The first-order chi connectivity index (χ1) is 14.0. The number of piperazine rings is 1. The van der Waals surface area contributed by atoms with Crippen molar-refractivity contribution in [2.75, 3.05) is 25.5 Å². The van der Waals surface area contributed by atoms with Crippen molar-refractivity contribution < 1.29 is 9.59 Å². The van der Waals surface area contributed by atoms with Crippen LogP contribution in [0.15, 0.2) is 41.2 Å². The fourth-order valence-electron chi connectivity index (χ4n) is 4.14. The zero-order chi connectivity index (χ0) is 20.4. The average molecular weight is 394 g/mol. The fraction of sp³-hybridized carbons (Fsp3) is 0.409. The Hall–Kier alpha value is -3.09. The van der Waals surface area contributed by atoms with Gasteiger partial charge in [0.05, 0.1) is 0 Å². The van der Waals surface area contributed by atoms with Crippen LogP contribution in [0.4, 0.5) is 10.5 Å². The number of H-pyrrole nitrogens is 1. The molecule has 1 atom stereocenters. The summed E-state index contributed by atoms with van der Waals surface area (Å²) in [5.74, 6) is -0.0883. The Morgan fingerprint density at radius 3 is 2.69 bits per heavy atom. The van der Waals surface area contributed by atoms with Gasteiger partial charge in [0.1, 0.15) is 11.7 Å². The number of urea groups is 1. The third-order valence-corrected chi connectivity index (χ3v) is 5.83. The lowest BCUT2D eigenvalue weighted by Gasteiger charge is -2.39. The van der Waals surface area contributed by atoms with E-state index in [1.54, 1.807) is 22.9 Å². The van der Waals surface area contributed by atoms with Gasteiger partial charge in [-0.25, -0.2) is 4.79 Å². The van der Waals surface area contributed by atoms with Crippen LogP contribution in [0, 0.1) is 0 Å². The van der Waals surface area contributed by atoms with E-state index in [2.05, 4.69) is 10.3 Å². The number of hydrogen-bond acceptors (Lipinski definition) is 3. The maximum Gasteiger partial charge on any atom is 0.322 e. The molecule has 0 radical (unpaired) electrons. The van der Waals surface area contributed by atoms with Crippen LogP contribution in [0.5, 0.6) is 0 Å². The van der Waals surface area contributed by atoms with Crippen molar-refractivity contribution in [1.29, 1.82) is 0 Å². The number of aromatic amines is 1. The standard InChI is InChI=1S/C22H26N4O3/c1-25-11-12-26(19(21(25)28)13-15-7-3-2-4-8-15)22(29)24-18-14-16-9-5-6-10-17(16)23-20(18)27/h2-4,7-8,14,19H,5-6,9-13H2,1H3,(H,23,27)(H,24,29). The Bertz CT molecular complexity index is 970. The van der Waals surface area contributed by atoms with Gasteiger partial charge in [-0.2, -0.15) is 0 Å². The predicted molar refractivity (Wildman–Crippen MR) is 111 cm³/mol. The van der Waals surface area contributed by atoms with Crippen LogP contribution >= 0.6 is 0 Å². The van der Waals surface area contributed by atoms with E-state index in [0.717, 1.165) is 42.5 Å². The van der Waals surface area contributed by atoms with E-state index in [9.17, 15) is 14.4 Å². The van der Waals surface area contributed by atoms with Crippen molar-refractivity contribution in [2.24, 2.45) is 0 Å². The molecule has 1 aromatic heterocycles. The summed E-state index contributed by atoms with van der Waals surface area (Å²) < 4.78 is 0. The first-order valence-electron chi connectivity index (χ1n) is 10.1. The summed E-state index contributed by atoms with van der Waals surface area (Å²) in [5.41, 5.74) is 3.00. The molecule has 2 aromatic rings. The van der Waals surface area contributed by atoms with E-state index < -0.39 is 12.1 Å². The number of amides is 3. The maximum atomic E-state index is 13.0. The highest BCUT2D eigenvalue weighted by Crippen LogP contribution is 2.21. The van der Waals surface area contributed by atoms with Crippen LogP contribution in [0.1, 0.15) is 29.7 Å². The van der Waals surface area contributed by atoms with Crippen molar-refractivity contribution in [3.05, 3.63) is 63.6 Å². The molecule has 1 aliphatic heterocycles. The summed E-state index contributed by atoms with van der Waals surface area (Å²) in [4.78, 5) is 44.4. The molecule has 1 aromatic carbocycles. The minimum Gasteiger partial charge on any atom is -0.342 e. The van der Waals surface area contributed by atoms with Crippen LogP contribution in [-0.4, -0.2) is 52.9 Å². The minimum absolute atomic E-state index is 0.0883. The van der Waals surface area contributed by atoms with Gasteiger partial charge < -0.3 is 20.1 Å². The number of likely N-dealkylation sites (N-methyl/N-ethyl adjacent to an activating group) is 1. The third-order valence-electron chi connectivity index (χ3n) is 5.83. The van der Waals surface area contributed by atoms with E-state index in [4.69, 9.17) is 0 Å². The van der Waals surface area contributed by atoms with E-state index >= 15 is 0 Å². The molecule has 29 heavy (non-hydrogen) atoms. The van der Waals surface area contributed by atoms with Gasteiger partial charge in [0.15, 0.2) is 0 Å². The van der Waals surface area contributed by atoms with E-state index in [1.807, 2.05) is 30.3 Å². The Morgan fingerprint density at radius 2 is 1.90 bits per heavy atom. The normalized spacial score (nSPS) is 19.1. The third kappa shape index (κ3) is 4.04. The quantitative estimate of drug-likeness (QED) is 0.837. The fourth-order valence-corrected chi connectivity index (χ4v) is 4.14. The van der Waals surface area contributed by atoms with Crippen LogP contribution in [-0.2, 0) is 24.1 Å². The molecule has 1 saturated heterocycles. The van der Waals surface area contributed by atoms with Gasteiger partial charge in [0.2, 0.25) is 5.91 Å². The van der Waals surface area contributed by atoms with E-state index in [0.29, 0.717) is 19.5 Å². The van der Waals surface area contributed by atoms with E-state index in [-0.39, 0.29) is 17.2 Å². The van der Waals surface area contributed by atoms with Gasteiger partial charge >= 0.3 is 6.03 Å². The summed E-state index contributed by atoms with van der Waals surface area (Å²) >= 11 is 0. The molecular weight excluding hydrogens is 368 g/mol. The first-order valence-corrected chi connectivity index (χ1v) is 10.1. The molecule has 152 valence electrons. The molecule has 7 nitrogen and oxygen atoms in total. The second-order valence-corrected chi connectivity index (χ2v) is 7.81. The lowest BCUT2D eigenvalue weighted by atomic mass is 9.96. The molecule has 7 heteroatoms.